The van der Waals surface area contributed by atoms with Gasteiger partial charge in [0.15, 0.2) is 0 Å². The normalized spacial score (nSPS) is 9.21. The highest BCUT2D eigenvalue weighted by Crippen LogP contribution is 2.26. The van der Waals surface area contributed by atoms with Crippen LogP contribution in [-0.2, 0) is 4.74 Å². The van der Waals surface area contributed by atoms with E-state index in [1.165, 1.54) is 13.2 Å². The quantitative estimate of drug-likeness (QED) is 0.632. The van der Waals surface area contributed by atoms with Gasteiger partial charge in [-0.15, -0.1) is 0 Å². The van der Waals surface area contributed by atoms with Crippen molar-refractivity contribution in [3.8, 4) is 11.8 Å². The fourth-order valence-electron chi connectivity index (χ4n) is 0.959. The lowest BCUT2D eigenvalue weighted by atomic mass is 10.1. The van der Waals surface area contributed by atoms with Crippen LogP contribution in [-0.4, -0.2) is 18.2 Å². The van der Waals surface area contributed by atoms with E-state index >= 15 is 0 Å². The van der Waals surface area contributed by atoms with Gasteiger partial charge in [0.1, 0.15) is 17.4 Å². The van der Waals surface area contributed by atoms with E-state index in [0.29, 0.717) is 3.57 Å². The molecule has 0 radical (unpaired) electrons. The van der Waals surface area contributed by atoms with Gasteiger partial charge in [-0.1, -0.05) is 0 Å². The highest BCUT2D eigenvalue weighted by Gasteiger charge is 2.16. The van der Waals surface area contributed by atoms with Crippen LogP contribution in [0.1, 0.15) is 15.9 Å². The Hall–Kier alpha value is -1.29. The first-order valence-corrected chi connectivity index (χ1v) is 4.69. The number of benzene rings is 1. The van der Waals surface area contributed by atoms with E-state index in [0.717, 1.165) is 0 Å². The van der Waals surface area contributed by atoms with Gasteiger partial charge in [0.05, 0.1) is 16.2 Å². The molecular formula is C9H6INO3. The second-order valence-corrected chi connectivity index (χ2v) is 3.58. The topological polar surface area (TPSA) is 70.3 Å². The number of hydrogen-bond donors (Lipinski definition) is 1. The molecule has 0 atom stereocenters. The number of carbonyl (C=O) groups excluding carboxylic acids is 1. The van der Waals surface area contributed by atoms with E-state index in [9.17, 15) is 9.90 Å². The Morgan fingerprint density at radius 1 is 1.64 bits per heavy atom. The number of ether oxygens (including phenoxy) is 1. The molecular weight excluding hydrogens is 297 g/mol. The molecule has 0 spiro atoms. The second-order valence-electron chi connectivity index (χ2n) is 2.42. The Morgan fingerprint density at radius 2 is 2.29 bits per heavy atom. The number of nitrogens with zero attached hydrogens (tertiary/aromatic N) is 1. The highest BCUT2D eigenvalue weighted by atomic mass is 127. The Morgan fingerprint density at radius 3 is 2.79 bits per heavy atom. The molecule has 1 aromatic carbocycles. The number of esters is 1. The lowest BCUT2D eigenvalue weighted by molar-refractivity contribution is 0.0600. The smallest absolute Gasteiger partial charge is 0.339 e. The maximum atomic E-state index is 11.2. The number of phenolic OH excluding ortho intramolecular Hbond substituents is 1. The number of carbonyl (C=O) groups is 1. The highest BCUT2D eigenvalue weighted by molar-refractivity contribution is 14.1. The summed E-state index contributed by atoms with van der Waals surface area (Å²) in [5.74, 6) is -0.816. The zero-order chi connectivity index (χ0) is 10.7. The second kappa shape index (κ2) is 4.28. The predicted octanol–water partition coefficient (Wildman–Crippen LogP) is 1.66. The summed E-state index contributed by atoms with van der Waals surface area (Å²) in [4.78, 5) is 11.2. The van der Waals surface area contributed by atoms with Crippen LogP contribution < -0.4 is 0 Å². The van der Waals surface area contributed by atoms with Crippen molar-refractivity contribution in [3.05, 3.63) is 26.8 Å². The first-order chi connectivity index (χ1) is 6.61. The zero-order valence-corrected chi connectivity index (χ0v) is 9.40. The molecule has 0 aliphatic heterocycles. The number of nitriles is 1. The van der Waals surface area contributed by atoms with Gasteiger partial charge in [0.25, 0.3) is 0 Å². The minimum Gasteiger partial charge on any atom is -0.505 e. The van der Waals surface area contributed by atoms with E-state index in [1.54, 1.807) is 12.1 Å². The largest absolute Gasteiger partial charge is 0.505 e. The Kier molecular flexibility index (Phi) is 3.30. The van der Waals surface area contributed by atoms with Gasteiger partial charge < -0.3 is 9.84 Å². The van der Waals surface area contributed by atoms with Crippen molar-refractivity contribution in [2.45, 2.75) is 0 Å². The minimum absolute atomic E-state index is 0.0521. The van der Waals surface area contributed by atoms with E-state index in [4.69, 9.17) is 5.26 Å². The molecule has 5 heteroatoms. The van der Waals surface area contributed by atoms with Crippen molar-refractivity contribution in [2.75, 3.05) is 7.11 Å². The van der Waals surface area contributed by atoms with Crippen molar-refractivity contribution >= 4 is 28.6 Å². The molecule has 0 amide bonds. The number of aromatic hydroxyl groups is 1. The standard InChI is InChI=1S/C9H6INO3/c1-14-9(13)5-2-3-7(10)8(12)6(5)4-11/h2-3,12H,1H3. The van der Waals surface area contributed by atoms with E-state index in [-0.39, 0.29) is 16.9 Å². The predicted molar refractivity (Wildman–Crippen MR) is 56.9 cm³/mol. The van der Waals surface area contributed by atoms with Crippen LogP contribution >= 0.6 is 22.6 Å². The number of hydrogen-bond acceptors (Lipinski definition) is 4. The zero-order valence-electron chi connectivity index (χ0n) is 7.24. The van der Waals surface area contributed by atoms with Crippen molar-refractivity contribution in [3.63, 3.8) is 0 Å². The number of methoxy groups -OCH3 is 1. The van der Waals surface area contributed by atoms with Gasteiger partial charge in [0.2, 0.25) is 0 Å². The molecule has 0 bridgehead atoms. The Labute approximate surface area is 94.2 Å². The SMILES string of the molecule is COC(=O)c1ccc(I)c(O)c1C#N. The summed E-state index contributed by atoms with van der Waals surface area (Å²) in [6.45, 7) is 0. The molecule has 72 valence electrons. The Bertz CT molecular complexity index is 423. The average Bonchev–Trinajstić information content (AvgIpc) is 2.20. The minimum atomic E-state index is -0.631. The van der Waals surface area contributed by atoms with Crippen molar-refractivity contribution < 1.29 is 14.6 Å². The number of rotatable bonds is 1. The van der Waals surface area contributed by atoms with Crippen LogP contribution in [0.25, 0.3) is 0 Å². The molecule has 14 heavy (non-hydrogen) atoms. The summed E-state index contributed by atoms with van der Waals surface area (Å²) in [7, 11) is 1.22. The van der Waals surface area contributed by atoms with E-state index < -0.39 is 5.97 Å². The molecule has 0 heterocycles. The summed E-state index contributed by atoms with van der Waals surface area (Å²) in [5.41, 5.74) is 0.0247. The van der Waals surface area contributed by atoms with Gasteiger partial charge in [-0.2, -0.15) is 5.26 Å². The third-order valence-corrected chi connectivity index (χ3v) is 2.52. The van der Waals surface area contributed by atoms with Crippen LogP contribution in [0, 0.1) is 14.9 Å². The van der Waals surface area contributed by atoms with Crippen molar-refractivity contribution in [1.29, 1.82) is 5.26 Å². The third kappa shape index (κ3) is 1.80. The molecule has 0 unspecified atom stereocenters. The fraction of sp³-hybridized carbons (Fsp3) is 0.111. The first kappa shape index (κ1) is 10.8. The lowest BCUT2D eigenvalue weighted by Gasteiger charge is -2.04. The van der Waals surface area contributed by atoms with Gasteiger partial charge in [-0.05, 0) is 34.7 Å². The monoisotopic (exact) mass is 303 g/mol. The van der Waals surface area contributed by atoms with Crippen LogP contribution in [0.3, 0.4) is 0 Å². The molecule has 1 N–H and O–H groups in total. The van der Waals surface area contributed by atoms with Crippen molar-refractivity contribution in [2.24, 2.45) is 0 Å². The van der Waals surface area contributed by atoms with Gasteiger partial charge >= 0.3 is 5.97 Å². The summed E-state index contributed by atoms with van der Waals surface area (Å²) in [6, 6.07) is 4.76. The average molecular weight is 303 g/mol. The third-order valence-electron chi connectivity index (χ3n) is 1.65. The summed E-state index contributed by atoms with van der Waals surface area (Å²) in [6.07, 6.45) is 0. The van der Waals surface area contributed by atoms with Gasteiger partial charge in [0, 0.05) is 0 Å². The first-order valence-electron chi connectivity index (χ1n) is 3.61. The molecule has 0 aliphatic carbocycles. The molecule has 4 nitrogen and oxygen atoms in total. The molecule has 0 aromatic heterocycles. The Balaban J connectivity index is 3.40. The molecule has 0 fully saturated rings. The molecule has 1 aromatic rings. The molecule has 1 rings (SSSR count). The fourth-order valence-corrected chi connectivity index (χ4v) is 1.41. The van der Waals surface area contributed by atoms with Crippen LogP contribution in [0.2, 0.25) is 0 Å². The lowest BCUT2D eigenvalue weighted by Crippen LogP contribution is -2.04. The summed E-state index contributed by atoms with van der Waals surface area (Å²) < 4.78 is 4.99. The number of phenols is 1. The maximum Gasteiger partial charge on any atom is 0.339 e. The van der Waals surface area contributed by atoms with E-state index in [2.05, 4.69) is 4.74 Å². The van der Waals surface area contributed by atoms with Gasteiger partial charge in [-0.3, -0.25) is 0 Å². The summed E-state index contributed by atoms with van der Waals surface area (Å²) >= 11 is 1.87. The molecule has 0 saturated heterocycles. The van der Waals surface area contributed by atoms with Crippen LogP contribution in [0.4, 0.5) is 0 Å². The van der Waals surface area contributed by atoms with Crippen LogP contribution in [0.5, 0.6) is 5.75 Å². The maximum absolute atomic E-state index is 11.2. The molecule has 0 aliphatic rings. The van der Waals surface area contributed by atoms with Gasteiger partial charge in [-0.25, -0.2) is 4.79 Å². The van der Waals surface area contributed by atoms with Crippen LogP contribution in [0.15, 0.2) is 12.1 Å². The number of halogens is 1. The molecule has 0 saturated carbocycles. The van der Waals surface area contributed by atoms with Crippen molar-refractivity contribution in [1.82, 2.24) is 0 Å². The van der Waals surface area contributed by atoms with E-state index in [1.807, 2.05) is 22.6 Å². The summed E-state index contributed by atoms with van der Waals surface area (Å²) in [5, 5.41) is 18.2.